The number of nitrogens with zero attached hydrogens (tertiary/aromatic N) is 1. The molecule has 0 saturated carbocycles. The van der Waals surface area contributed by atoms with E-state index in [1.807, 2.05) is 12.2 Å². The minimum Gasteiger partial charge on any atom is -0.450 e. The van der Waals surface area contributed by atoms with Gasteiger partial charge in [0.15, 0.2) is 6.23 Å². The lowest BCUT2D eigenvalue weighted by Gasteiger charge is -2.36. The molecule has 0 bridgehead atoms. The van der Waals surface area contributed by atoms with Gasteiger partial charge in [-0.1, -0.05) is 6.08 Å². The third kappa shape index (κ3) is 2.70. The summed E-state index contributed by atoms with van der Waals surface area (Å²) in [6, 6.07) is 0. The van der Waals surface area contributed by atoms with Gasteiger partial charge in [0, 0.05) is 20.6 Å². The molecule has 86 valence electrons. The van der Waals surface area contributed by atoms with E-state index < -0.39 is 12.3 Å². The fourth-order valence-electron chi connectivity index (χ4n) is 1.50. The van der Waals surface area contributed by atoms with Gasteiger partial charge in [-0.25, -0.2) is 4.79 Å². The van der Waals surface area contributed by atoms with Gasteiger partial charge in [-0.3, -0.25) is 4.90 Å². The average molecular weight is 215 g/mol. The summed E-state index contributed by atoms with van der Waals surface area (Å²) in [5, 5.41) is 0. The van der Waals surface area contributed by atoms with Crippen LogP contribution in [0.25, 0.3) is 0 Å². The van der Waals surface area contributed by atoms with Crippen LogP contribution in [0.1, 0.15) is 13.3 Å². The highest BCUT2D eigenvalue weighted by atomic mass is 16.6. The Kier molecular flexibility index (Phi) is 4.58. The Morgan fingerprint density at radius 3 is 2.73 bits per heavy atom. The van der Waals surface area contributed by atoms with Crippen molar-refractivity contribution >= 4 is 6.09 Å². The lowest BCUT2D eigenvalue weighted by molar-refractivity contribution is -0.103. The average Bonchev–Trinajstić information content (AvgIpc) is 2.28. The standard InChI is InChI=1S/C10H17NO4/c1-4-15-10(12)11-8(13-2)6-5-7-9(11)14-3/h5-6,8-9H,4,7H2,1-3H3. The topological polar surface area (TPSA) is 48.0 Å². The van der Waals surface area contributed by atoms with E-state index in [4.69, 9.17) is 14.2 Å². The highest BCUT2D eigenvalue weighted by molar-refractivity contribution is 5.68. The first-order valence-corrected chi connectivity index (χ1v) is 4.92. The van der Waals surface area contributed by atoms with Gasteiger partial charge in [-0.15, -0.1) is 0 Å². The normalized spacial score (nSPS) is 25.4. The summed E-state index contributed by atoms with van der Waals surface area (Å²) >= 11 is 0. The van der Waals surface area contributed by atoms with Crippen molar-refractivity contribution in [2.75, 3.05) is 20.8 Å². The SMILES string of the molecule is CCOC(=O)N1C(OC)C=CCC1OC. The molecular weight excluding hydrogens is 198 g/mol. The zero-order valence-electron chi connectivity index (χ0n) is 9.30. The Labute approximate surface area is 89.6 Å². The molecule has 0 spiro atoms. The largest absolute Gasteiger partial charge is 0.450 e. The Morgan fingerprint density at radius 1 is 1.47 bits per heavy atom. The minimum atomic E-state index is -0.416. The molecule has 0 radical (unpaired) electrons. The number of carbonyl (C=O) groups excluding carboxylic acids is 1. The number of hydrogen-bond donors (Lipinski definition) is 0. The maximum atomic E-state index is 11.6. The van der Waals surface area contributed by atoms with Crippen molar-refractivity contribution in [3.8, 4) is 0 Å². The van der Waals surface area contributed by atoms with Gasteiger partial charge in [0.25, 0.3) is 0 Å². The summed E-state index contributed by atoms with van der Waals surface area (Å²) < 4.78 is 15.3. The van der Waals surface area contributed by atoms with Crippen molar-refractivity contribution in [2.45, 2.75) is 25.8 Å². The van der Waals surface area contributed by atoms with Crippen LogP contribution in [0.15, 0.2) is 12.2 Å². The Hall–Kier alpha value is -1.07. The number of ether oxygens (including phenoxy) is 3. The second kappa shape index (κ2) is 5.72. The summed E-state index contributed by atoms with van der Waals surface area (Å²) in [7, 11) is 3.10. The van der Waals surface area contributed by atoms with Crippen LogP contribution in [-0.4, -0.2) is 44.3 Å². The van der Waals surface area contributed by atoms with E-state index in [1.54, 1.807) is 21.1 Å². The van der Waals surface area contributed by atoms with Crippen molar-refractivity contribution in [3.63, 3.8) is 0 Å². The van der Waals surface area contributed by atoms with Gasteiger partial charge >= 0.3 is 6.09 Å². The summed E-state index contributed by atoms with van der Waals surface area (Å²) in [6.45, 7) is 2.10. The van der Waals surface area contributed by atoms with Gasteiger partial charge in [0.05, 0.1) is 6.61 Å². The first kappa shape index (κ1) is 12.0. The second-order valence-corrected chi connectivity index (χ2v) is 3.09. The zero-order chi connectivity index (χ0) is 11.3. The highest BCUT2D eigenvalue weighted by Gasteiger charge is 2.32. The molecule has 0 saturated heterocycles. The molecule has 0 fully saturated rings. The number of hydrogen-bond acceptors (Lipinski definition) is 4. The van der Waals surface area contributed by atoms with E-state index in [9.17, 15) is 4.79 Å². The summed E-state index contributed by atoms with van der Waals surface area (Å²) in [5.41, 5.74) is 0. The molecule has 1 aliphatic heterocycles. The van der Waals surface area contributed by atoms with E-state index in [0.717, 1.165) is 0 Å². The van der Waals surface area contributed by atoms with E-state index in [0.29, 0.717) is 13.0 Å². The molecule has 0 aromatic heterocycles. The predicted octanol–water partition coefficient (Wildman–Crippen LogP) is 1.35. The predicted molar refractivity (Wildman–Crippen MR) is 54.2 cm³/mol. The van der Waals surface area contributed by atoms with Crippen LogP contribution in [0.3, 0.4) is 0 Å². The van der Waals surface area contributed by atoms with Gasteiger partial charge < -0.3 is 14.2 Å². The highest BCUT2D eigenvalue weighted by Crippen LogP contribution is 2.19. The lowest BCUT2D eigenvalue weighted by atomic mass is 10.2. The van der Waals surface area contributed by atoms with E-state index >= 15 is 0 Å². The molecule has 2 atom stereocenters. The molecule has 5 nitrogen and oxygen atoms in total. The summed E-state index contributed by atoms with van der Waals surface area (Å²) in [5.74, 6) is 0. The Balaban J connectivity index is 2.76. The molecule has 1 amide bonds. The zero-order valence-corrected chi connectivity index (χ0v) is 9.30. The smallest absolute Gasteiger partial charge is 0.414 e. The van der Waals surface area contributed by atoms with Gasteiger partial charge in [-0.05, 0) is 13.0 Å². The van der Waals surface area contributed by atoms with E-state index in [1.165, 1.54) is 4.90 Å². The van der Waals surface area contributed by atoms with Gasteiger partial charge in [-0.2, -0.15) is 0 Å². The van der Waals surface area contributed by atoms with Gasteiger partial charge in [0.1, 0.15) is 6.23 Å². The molecule has 0 aliphatic carbocycles. The third-order valence-electron chi connectivity index (χ3n) is 2.22. The quantitative estimate of drug-likeness (QED) is 0.667. The van der Waals surface area contributed by atoms with Gasteiger partial charge in [0.2, 0.25) is 0 Å². The fraction of sp³-hybridized carbons (Fsp3) is 0.700. The van der Waals surface area contributed by atoms with E-state index in [-0.39, 0.29) is 6.23 Å². The second-order valence-electron chi connectivity index (χ2n) is 3.09. The molecule has 1 rings (SSSR count). The van der Waals surface area contributed by atoms with Crippen molar-refractivity contribution in [1.82, 2.24) is 4.90 Å². The lowest BCUT2D eigenvalue weighted by Crippen LogP contribution is -2.50. The number of methoxy groups -OCH3 is 2. The van der Waals surface area contributed by atoms with Crippen LogP contribution in [0.2, 0.25) is 0 Å². The molecule has 1 aliphatic rings. The van der Waals surface area contributed by atoms with Crippen LogP contribution in [0.5, 0.6) is 0 Å². The van der Waals surface area contributed by atoms with Crippen LogP contribution in [0.4, 0.5) is 4.79 Å². The van der Waals surface area contributed by atoms with E-state index in [2.05, 4.69) is 0 Å². The number of carbonyl (C=O) groups is 1. The molecule has 5 heteroatoms. The minimum absolute atomic E-state index is 0.320. The molecule has 0 aromatic carbocycles. The maximum absolute atomic E-state index is 11.6. The number of amides is 1. The Morgan fingerprint density at radius 2 is 2.20 bits per heavy atom. The van der Waals surface area contributed by atoms with Crippen LogP contribution in [0, 0.1) is 0 Å². The first-order chi connectivity index (χ1) is 7.24. The third-order valence-corrected chi connectivity index (χ3v) is 2.22. The van der Waals surface area contributed by atoms with Crippen LogP contribution >= 0.6 is 0 Å². The molecule has 0 aromatic rings. The molecule has 2 unspecified atom stereocenters. The first-order valence-electron chi connectivity index (χ1n) is 4.92. The Bertz CT molecular complexity index is 242. The molecular formula is C10H17NO4. The number of rotatable bonds is 3. The molecule has 15 heavy (non-hydrogen) atoms. The van der Waals surface area contributed by atoms with Crippen LogP contribution in [-0.2, 0) is 14.2 Å². The van der Waals surface area contributed by atoms with Crippen molar-refractivity contribution in [2.24, 2.45) is 0 Å². The summed E-state index contributed by atoms with van der Waals surface area (Å²) in [4.78, 5) is 13.1. The maximum Gasteiger partial charge on any atom is 0.414 e. The fourth-order valence-corrected chi connectivity index (χ4v) is 1.50. The monoisotopic (exact) mass is 215 g/mol. The summed E-state index contributed by atoms with van der Waals surface area (Å²) in [6.07, 6.45) is 3.24. The molecule has 0 N–H and O–H groups in total. The van der Waals surface area contributed by atoms with Crippen molar-refractivity contribution in [3.05, 3.63) is 12.2 Å². The van der Waals surface area contributed by atoms with Crippen molar-refractivity contribution < 1.29 is 19.0 Å². The van der Waals surface area contributed by atoms with Crippen molar-refractivity contribution in [1.29, 1.82) is 0 Å². The molecule has 1 heterocycles. The van der Waals surface area contributed by atoms with Crippen LogP contribution < -0.4 is 0 Å².